The molecule has 0 aliphatic heterocycles. The molecule has 1 heterocycles. The number of hydrogen-bond donors (Lipinski definition) is 0. The highest BCUT2D eigenvalue weighted by molar-refractivity contribution is 7.11. The van der Waals surface area contributed by atoms with E-state index in [1.54, 1.807) is 17.4 Å². The van der Waals surface area contributed by atoms with Crippen molar-refractivity contribution in [2.45, 2.75) is 58.3 Å². The Balaban J connectivity index is 2.09. The minimum absolute atomic E-state index is 0.182. The predicted octanol–water partition coefficient (Wildman–Crippen LogP) is 4.84. The molecule has 1 aliphatic rings. The van der Waals surface area contributed by atoms with Gasteiger partial charge in [-0.1, -0.05) is 39.8 Å². The summed E-state index contributed by atoms with van der Waals surface area (Å²) < 4.78 is 0. The number of carbonyl (C=O) groups excluding carboxylic acids is 1. The Hall–Kier alpha value is -1.87. The van der Waals surface area contributed by atoms with Crippen molar-refractivity contribution in [2.75, 3.05) is 0 Å². The molecule has 3 rings (SSSR count). The van der Waals surface area contributed by atoms with Crippen LogP contribution in [0, 0.1) is 6.92 Å². The van der Waals surface area contributed by atoms with Gasteiger partial charge in [0.15, 0.2) is 0 Å². The molecule has 1 aliphatic carbocycles. The first-order valence-corrected chi connectivity index (χ1v) is 9.62. The van der Waals surface area contributed by atoms with Crippen LogP contribution in [0.4, 0.5) is 0 Å². The highest BCUT2D eigenvalue weighted by atomic mass is 32.1. The number of rotatable bonds is 3. The number of aliphatic carboxylic acids is 1. The third-order valence-electron chi connectivity index (χ3n) is 5.51. The SMILES string of the molecule is Cc1cc2c(cc1-c1csc(/C=C/C(=O)[O-])c1)C(C)(C)CCC2(C)C. The number of carboxylic acids is 1. The van der Waals surface area contributed by atoms with Crippen LogP contribution < -0.4 is 5.11 Å². The average molecular weight is 354 g/mol. The van der Waals surface area contributed by atoms with Crippen molar-refractivity contribution in [1.29, 1.82) is 0 Å². The van der Waals surface area contributed by atoms with Crippen LogP contribution in [0.25, 0.3) is 17.2 Å². The van der Waals surface area contributed by atoms with Gasteiger partial charge in [0.2, 0.25) is 0 Å². The van der Waals surface area contributed by atoms with Gasteiger partial charge in [0.05, 0.1) is 5.97 Å². The minimum atomic E-state index is -1.16. The van der Waals surface area contributed by atoms with E-state index in [2.05, 4.69) is 58.2 Å². The molecule has 0 spiro atoms. The fourth-order valence-electron chi connectivity index (χ4n) is 3.76. The van der Waals surface area contributed by atoms with Gasteiger partial charge in [0.25, 0.3) is 0 Å². The van der Waals surface area contributed by atoms with Gasteiger partial charge >= 0.3 is 0 Å². The molecule has 2 nitrogen and oxygen atoms in total. The molecule has 1 aromatic carbocycles. The summed E-state index contributed by atoms with van der Waals surface area (Å²) in [7, 11) is 0. The summed E-state index contributed by atoms with van der Waals surface area (Å²) >= 11 is 1.55. The summed E-state index contributed by atoms with van der Waals surface area (Å²) in [5, 5.41) is 12.7. The van der Waals surface area contributed by atoms with Gasteiger partial charge in [-0.3, -0.25) is 0 Å². The first-order valence-electron chi connectivity index (χ1n) is 8.74. The van der Waals surface area contributed by atoms with E-state index in [0.29, 0.717) is 0 Å². The third-order valence-corrected chi connectivity index (χ3v) is 6.41. The largest absolute Gasteiger partial charge is 0.545 e. The molecule has 3 heteroatoms. The standard InChI is InChI=1S/C22H26O2S/c1-14-10-18-19(22(4,5)9-8-21(18,2)3)12-17(14)15-11-16(25-13-15)6-7-20(23)24/h6-7,10-13H,8-9H2,1-5H3,(H,23,24)/p-1/b7-6+. The molecule has 0 saturated carbocycles. The van der Waals surface area contributed by atoms with E-state index in [4.69, 9.17) is 0 Å². The van der Waals surface area contributed by atoms with Gasteiger partial charge in [-0.05, 0) is 82.0 Å². The summed E-state index contributed by atoms with van der Waals surface area (Å²) in [5.74, 6) is -1.16. The van der Waals surface area contributed by atoms with E-state index >= 15 is 0 Å². The van der Waals surface area contributed by atoms with E-state index in [-0.39, 0.29) is 10.8 Å². The Morgan fingerprint density at radius 3 is 2.28 bits per heavy atom. The predicted molar refractivity (Wildman–Crippen MR) is 104 cm³/mol. The van der Waals surface area contributed by atoms with E-state index in [0.717, 1.165) is 16.5 Å². The molecule has 132 valence electrons. The maximum absolute atomic E-state index is 10.6. The zero-order valence-electron chi connectivity index (χ0n) is 15.6. The molecule has 0 unspecified atom stereocenters. The van der Waals surface area contributed by atoms with Crippen molar-refractivity contribution in [1.82, 2.24) is 0 Å². The maximum Gasteiger partial charge on any atom is 0.0643 e. The van der Waals surface area contributed by atoms with Crippen LogP contribution in [0.15, 0.2) is 29.7 Å². The Bertz CT molecular complexity index is 853. The highest BCUT2D eigenvalue weighted by Crippen LogP contribution is 2.47. The minimum Gasteiger partial charge on any atom is -0.545 e. The number of thiophene rings is 1. The Morgan fingerprint density at radius 2 is 1.68 bits per heavy atom. The molecule has 0 atom stereocenters. The van der Waals surface area contributed by atoms with Crippen LogP contribution in [0.3, 0.4) is 0 Å². The van der Waals surface area contributed by atoms with Gasteiger partial charge in [-0.25, -0.2) is 0 Å². The van der Waals surface area contributed by atoms with Crippen molar-refractivity contribution < 1.29 is 9.90 Å². The van der Waals surface area contributed by atoms with Crippen LogP contribution in [-0.4, -0.2) is 5.97 Å². The molecule has 0 bridgehead atoms. The lowest BCUT2D eigenvalue weighted by Crippen LogP contribution is -2.34. The van der Waals surface area contributed by atoms with Gasteiger partial charge in [0.1, 0.15) is 0 Å². The van der Waals surface area contributed by atoms with E-state index in [9.17, 15) is 9.90 Å². The Morgan fingerprint density at radius 1 is 1.08 bits per heavy atom. The molecule has 0 N–H and O–H groups in total. The second kappa shape index (κ2) is 6.14. The fourth-order valence-corrected chi connectivity index (χ4v) is 4.56. The van der Waals surface area contributed by atoms with Crippen LogP contribution in [-0.2, 0) is 15.6 Å². The number of aryl methyl sites for hydroxylation is 1. The Kier molecular flexibility index (Phi) is 4.40. The Labute approximate surface area is 154 Å². The second-order valence-electron chi connectivity index (χ2n) is 8.37. The zero-order chi connectivity index (χ0) is 18.4. The molecule has 2 aromatic rings. The van der Waals surface area contributed by atoms with Gasteiger partial charge in [-0.15, -0.1) is 11.3 Å². The van der Waals surface area contributed by atoms with Crippen LogP contribution in [0.5, 0.6) is 0 Å². The van der Waals surface area contributed by atoms with Crippen molar-refractivity contribution in [2.24, 2.45) is 0 Å². The van der Waals surface area contributed by atoms with E-state index < -0.39 is 5.97 Å². The summed E-state index contributed by atoms with van der Waals surface area (Å²) in [6.45, 7) is 11.5. The van der Waals surface area contributed by atoms with Crippen molar-refractivity contribution in [3.8, 4) is 11.1 Å². The second-order valence-corrected chi connectivity index (χ2v) is 9.31. The lowest BCUT2D eigenvalue weighted by molar-refractivity contribution is -0.297. The van der Waals surface area contributed by atoms with Gasteiger partial charge < -0.3 is 9.90 Å². The van der Waals surface area contributed by atoms with Crippen molar-refractivity contribution in [3.63, 3.8) is 0 Å². The highest BCUT2D eigenvalue weighted by Gasteiger charge is 2.37. The molecule has 1 aromatic heterocycles. The number of benzene rings is 1. The molecule has 0 radical (unpaired) electrons. The first-order chi connectivity index (χ1) is 11.6. The topological polar surface area (TPSA) is 40.1 Å². The molecular formula is C22H25O2S-. The fraction of sp³-hybridized carbons (Fsp3) is 0.409. The summed E-state index contributed by atoms with van der Waals surface area (Å²) in [4.78, 5) is 11.5. The van der Waals surface area contributed by atoms with Crippen LogP contribution in [0.1, 0.15) is 62.1 Å². The molecule has 25 heavy (non-hydrogen) atoms. The summed E-state index contributed by atoms with van der Waals surface area (Å²) in [6, 6.07) is 6.78. The van der Waals surface area contributed by atoms with Crippen molar-refractivity contribution >= 4 is 23.4 Å². The van der Waals surface area contributed by atoms with Gasteiger partial charge in [0, 0.05) is 4.88 Å². The number of hydrogen-bond acceptors (Lipinski definition) is 3. The maximum atomic E-state index is 10.6. The smallest absolute Gasteiger partial charge is 0.0643 e. The van der Waals surface area contributed by atoms with E-state index in [1.807, 2.05) is 0 Å². The van der Waals surface area contributed by atoms with Gasteiger partial charge in [-0.2, -0.15) is 0 Å². The zero-order valence-corrected chi connectivity index (χ0v) is 16.4. The van der Waals surface area contributed by atoms with Crippen molar-refractivity contribution in [3.05, 3.63) is 51.2 Å². The average Bonchev–Trinajstić information content (AvgIpc) is 2.98. The first kappa shape index (κ1) is 17.9. The van der Waals surface area contributed by atoms with Crippen LogP contribution >= 0.6 is 11.3 Å². The monoisotopic (exact) mass is 353 g/mol. The molecule has 0 amide bonds. The van der Waals surface area contributed by atoms with E-state index in [1.165, 1.54) is 35.1 Å². The normalized spacial score (nSPS) is 18.3. The lowest BCUT2D eigenvalue weighted by Gasteiger charge is -2.42. The number of carbonyl (C=O) groups is 1. The molecular weight excluding hydrogens is 328 g/mol. The summed E-state index contributed by atoms with van der Waals surface area (Å²) in [6.07, 6.45) is 5.09. The quantitative estimate of drug-likeness (QED) is 0.741. The molecule has 0 fully saturated rings. The summed E-state index contributed by atoms with van der Waals surface area (Å²) in [5.41, 5.74) is 6.99. The van der Waals surface area contributed by atoms with Crippen LogP contribution in [0.2, 0.25) is 0 Å². The third kappa shape index (κ3) is 3.43. The number of carboxylic acid groups (broad SMARTS) is 1. The number of fused-ring (bicyclic) bond motifs is 1. The molecule has 0 saturated heterocycles. The lowest BCUT2D eigenvalue weighted by atomic mass is 9.62.